The summed E-state index contributed by atoms with van der Waals surface area (Å²) in [7, 11) is 0. The van der Waals surface area contributed by atoms with Gasteiger partial charge in [-0.2, -0.15) is 0 Å². The van der Waals surface area contributed by atoms with E-state index in [4.69, 9.17) is 10.7 Å². The van der Waals surface area contributed by atoms with Gasteiger partial charge in [-0.3, -0.25) is 9.78 Å². The van der Waals surface area contributed by atoms with Crippen LogP contribution in [-0.4, -0.2) is 35.4 Å². The van der Waals surface area contributed by atoms with Crippen molar-refractivity contribution in [1.29, 1.82) is 0 Å². The number of benzene rings is 2. The Hall–Kier alpha value is -2.98. The van der Waals surface area contributed by atoms with Gasteiger partial charge >= 0.3 is 0 Å². The highest BCUT2D eigenvalue weighted by molar-refractivity contribution is 5.93. The summed E-state index contributed by atoms with van der Waals surface area (Å²) in [5.74, 6) is 0.0307. The average molecular weight is 386 g/mol. The zero-order valence-corrected chi connectivity index (χ0v) is 16.6. The van der Waals surface area contributed by atoms with Crippen molar-refractivity contribution in [2.45, 2.75) is 25.2 Å². The van der Waals surface area contributed by atoms with E-state index in [1.165, 1.54) is 18.4 Å². The van der Waals surface area contributed by atoms with Crippen molar-refractivity contribution in [3.05, 3.63) is 89.6 Å². The van der Waals surface area contributed by atoms with Gasteiger partial charge in [0.05, 0.1) is 5.69 Å². The molecule has 2 N–H and O–H groups in total. The van der Waals surface area contributed by atoms with Crippen LogP contribution in [0.4, 0.5) is 0 Å². The molecule has 0 radical (unpaired) electrons. The van der Waals surface area contributed by atoms with E-state index in [0.717, 1.165) is 43.0 Å². The Balaban J connectivity index is 1.46. The third-order valence-corrected chi connectivity index (χ3v) is 5.70. The number of likely N-dealkylation sites (tertiary alicyclic amines) is 1. The van der Waals surface area contributed by atoms with E-state index in [0.29, 0.717) is 11.5 Å². The maximum absolute atomic E-state index is 11.5. The number of pyridine rings is 1. The molecule has 3 aromatic rings. The first-order valence-corrected chi connectivity index (χ1v) is 10.3. The van der Waals surface area contributed by atoms with Gasteiger partial charge in [-0.15, -0.1) is 0 Å². The number of nitrogens with zero attached hydrogens (tertiary/aromatic N) is 2. The molecule has 4 rings (SSSR count). The molecule has 1 aliphatic heterocycles. The van der Waals surface area contributed by atoms with E-state index in [-0.39, 0.29) is 0 Å². The lowest BCUT2D eigenvalue weighted by Crippen LogP contribution is -2.36. The van der Waals surface area contributed by atoms with Gasteiger partial charge in [-0.05, 0) is 55.6 Å². The Bertz CT molecular complexity index is 971. The van der Waals surface area contributed by atoms with Crippen molar-refractivity contribution < 1.29 is 4.79 Å². The normalized spacial score (nSPS) is 17.2. The van der Waals surface area contributed by atoms with Crippen LogP contribution >= 0.6 is 0 Å². The molecule has 4 heteroatoms. The maximum Gasteiger partial charge on any atom is 0.248 e. The molecule has 29 heavy (non-hydrogen) atoms. The SMILES string of the molecule is NC(=O)c1cccc(-c2cccc(C3CCCN(CCc4ccccc4)C3)n2)c1. The fraction of sp³-hybridized carbons (Fsp3) is 0.280. The highest BCUT2D eigenvalue weighted by atomic mass is 16.1. The first-order chi connectivity index (χ1) is 14.2. The summed E-state index contributed by atoms with van der Waals surface area (Å²) in [6.45, 7) is 3.29. The second-order valence-electron chi connectivity index (χ2n) is 7.77. The predicted molar refractivity (Wildman–Crippen MR) is 117 cm³/mol. The minimum Gasteiger partial charge on any atom is -0.366 e. The number of rotatable bonds is 6. The zero-order valence-electron chi connectivity index (χ0n) is 16.6. The van der Waals surface area contributed by atoms with Gasteiger partial charge in [0.1, 0.15) is 0 Å². The minimum atomic E-state index is -0.413. The molecule has 2 aromatic carbocycles. The number of primary amides is 1. The first kappa shape index (κ1) is 19.3. The number of hydrogen-bond donors (Lipinski definition) is 1. The van der Waals surface area contributed by atoms with Crippen LogP contribution in [0.3, 0.4) is 0 Å². The number of aromatic nitrogens is 1. The lowest BCUT2D eigenvalue weighted by Gasteiger charge is -2.32. The van der Waals surface area contributed by atoms with E-state index in [9.17, 15) is 4.79 Å². The Morgan fingerprint density at radius 2 is 1.86 bits per heavy atom. The second kappa shape index (κ2) is 9.01. The zero-order chi connectivity index (χ0) is 20.1. The largest absolute Gasteiger partial charge is 0.366 e. The third-order valence-electron chi connectivity index (χ3n) is 5.70. The molecular weight excluding hydrogens is 358 g/mol. The van der Waals surface area contributed by atoms with Crippen molar-refractivity contribution in [2.75, 3.05) is 19.6 Å². The molecule has 1 amide bonds. The second-order valence-corrected chi connectivity index (χ2v) is 7.77. The van der Waals surface area contributed by atoms with Crippen LogP contribution in [0.2, 0.25) is 0 Å². The smallest absolute Gasteiger partial charge is 0.248 e. The quantitative estimate of drug-likeness (QED) is 0.689. The number of carbonyl (C=O) groups is 1. The molecule has 1 aromatic heterocycles. The molecule has 148 valence electrons. The van der Waals surface area contributed by atoms with Gasteiger partial charge in [-0.1, -0.05) is 48.5 Å². The maximum atomic E-state index is 11.5. The molecule has 1 atom stereocenters. The van der Waals surface area contributed by atoms with Gasteiger partial charge in [0.25, 0.3) is 0 Å². The van der Waals surface area contributed by atoms with Crippen molar-refractivity contribution in [3.63, 3.8) is 0 Å². The van der Waals surface area contributed by atoms with Crippen LogP contribution in [0.15, 0.2) is 72.8 Å². The van der Waals surface area contributed by atoms with Gasteiger partial charge in [0.2, 0.25) is 5.91 Å². The number of hydrogen-bond acceptors (Lipinski definition) is 3. The van der Waals surface area contributed by atoms with E-state index < -0.39 is 5.91 Å². The molecule has 1 aliphatic rings. The van der Waals surface area contributed by atoms with E-state index in [1.54, 1.807) is 6.07 Å². The Morgan fingerprint density at radius 3 is 2.69 bits per heavy atom. The standard InChI is InChI=1S/C25H27N3O/c26-25(29)21-10-4-9-20(17-21)23-12-5-13-24(27-23)22-11-6-15-28(18-22)16-14-19-7-2-1-3-8-19/h1-5,7-10,12-13,17,22H,6,11,14-16,18H2,(H2,26,29). The Kier molecular flexibility index (Phi) is 6.01. The molecule has 0 bridgehead atoms. The van der Waals surface area contributed by atoms with Gasteiger partial charge in [0.15, 0.2) is 0 Å². The van der Waals surface area contributed by atoms with Crippen LogP contribution in [0.5, 0.6) is 0 Å². The third kappa shape index (κ3) is 4.90. The van der Waals surface area contributed by atoms with Crippen LogP contribution in [0.25, 0.3) is 11.3 Å². The lowest BCUT2D eigenvalue weighted by atomic mass is 9.93. The monoisotopic (exact) mass is 385 g/mol. The molecule has 0 aliphatic carbocycles. The summed E-state index contributed by atoms with van der Waals surface area (Å²) in [4.78, 5) is 19.0. The van der Waals surface area contributed by atoms with Crippen LogP contribution in [-0.2, 0) is 6.42 Å². The fourth-order valence-electron chi connectivity index (χ4n) is 4.10. The van der Waals surface area contributed by atoms with E-state index >= 15 is 0 Å². The molecule has 1 unspecified atom stereocenters. The lowest BCUT2D eigenvalue weighted by molar-refractivity contribution is 0.100. The number of piperidine rings is 1. The molecule has 1 fully saturated rings. The van der Waals surface area contributed by atoms with Gasteiger partial charge < -0.3 is 10.6 Å². The number of nitrogens with two attached hydrogens (primary N) is 1. The predicted octanol–water partition coefficient (Wildman–Crippen LogP) is 4.27. The van der Waals surface area contributed by atoms with Crippen LogP contribution in [0.1, 0.15) is 40.4 Å². The summed E-state index contributed by atoms with van der Waals surface area (Å²) in [5.41, 5.74) is 10.3. The van der Waals surface area contributed by atoms with Gasteiger partial charge in [0, 0.05) is 35.8 Å². The Morgan fingerprint density at radius 1 is 1.03 bits per heavy atom. The summed E-state index contributed by atoms with van der Waals surface area (Å²) in [6.07, 6.45) is 3.45. The van der Waals surface area contributed by atoms with Crippen LogP contribution in [0, 0.1) is 0 Å². The van der Waals surface area contributed by atoms with Crippen molar-refractivity contribution in [2.24, 2.45) is 5.73 Å². The highest BCUT2D eigenvalue weighted by Crippen LogP contribution is 2.28. The summed E-state index contributed by atoms with van der Waals surface area (Å²) in [5, 5.41) is 0. The molecule has 1 saturated heterocycles. The first-order valence-electron chi connectivity index (χ1n) is 10.3. The van der Waals surface area contributed by atoms with Crippen molar-refractivity contribution in [3.8, 4) is 11.3 Å². The molecule has 0 spiro atoms. The Labute approximate surface area is 172 Å². The fourth-order valence-corrected chi connectivity index (χ4v) is 4.10. The highest BCUT2D eigenvalue weighted by Gasteiger charge is 2.22. The van der Waals surface area contributed by atoms with Gasteiger partial charge in [-0.25, -0.2) is 0 Å². The topological polar surface area (TPSA) is 59.2 Å². The van der Waals surface area contributed by atoms with E-state index in [2.05, 4.69) is 47.4 Å². The van der Waals surface area contributed by atoms with Crippen LogP contribution < -0.4 is 5.73 Å². The summed E-state index contributed by atoms with van der Waals surface area (Å²) >= 11 is 0. The molecular formula is C25H27N3O. The van der Waals surface area contributed by atoms with Crippen molar-refractivity contribution in [1.82, 2.24) is 9.88 Å². The minimum absolute atomic E-state index is 0.413. The number of amides is 1. The summed E-state index contributed by atoms with van der Waals surface area (Å²) < 4.78 is 0. The number of carbonyl (C=O) groups excluding carboxylic acids is 1. The molecule has 0 saturated carbocycles. The van der Waals surface area contributed by atoms with Crippen molar-refractivity contribution >= 4 is 5.91 Å². The molecule has 2 heterocycles. The average Bonchev–Trinajstić information content (AvgIpc) is 2.79. The summed E-state index contributed by atoms with van der Waals surface area (Å²) in [6, 6.07) is 24.3. The molecule has 4 nitrogen and oxygen atoms in total. The van der Waals surface area contributed by atoms with E-state index in [1.807, 2.05) is 24.3 Å².